The summed E-state index contributed by atoms with van der Waals surface area (Å²) in [6.07, 6.45) is 4.68. The summed E-state index contributed by atoms with van der Waals surface area (Å²) in [6, 6.07) is 7.73. The van der Waals surface area contributed by atoms with E-state index in [0.29, 0.717) is 0 Å². The van der Waals surface area contributed by atoms with Gasteiger partial charge in [0.2, 0.25) is 0 Å². The Morgan fingerprint density at radius 2 is 2.21 bits per heavy atom. The number of carbonyl (C=O) groups excluding carboxylic acids is 1. The molecule has 0 N–H and O–H groups in total. The summed E-state index contributed by atoms with van der Waals surface area (Å²) < 4.78 is 2.02. The van der Waals surface area contributed by atoms with E-state index >= 15 is 0 Å². The molecule has 0 saturated heterocycles. The molecule has 2 nitrogen and oxygen atoms in total. The average Bonchev–Trinajstić information content (AvgIpc) is 2.62. The first-order valence-electron chi connectivity index (χ1n) is 4.50. The van der Waals surface area contributed by atoms with Gasteiger partial charge in [0, 0.05) is 23.7 Å². The maximum atomic E-state index is 10.8. The molecular weight excluding hydrogens is 174 g/mol. The highest BCUT2D eigenvalue weighted by Gasteiger charge is 2.03. The Kier molecular flexibility index (Phi) is 2.19. The molecule has 14 heavy (non-hydrogen) atoms. The first-order chi connectivity index (χ1) is 6.86. The van der Waals surface area contributed by atoms with E-state index in [9.17, 15) is 4.79 Å². The quantitative estimate of drug-likeness (QED) is 0.532. The summed E-state index contributed by atoms with van der Waals surface area (Å²) in [4.78, 5) is 10.8. The van der Waals surface area contributed by atoms with E-state index in [0.717, 1.165) is 29.3 Å². The second-order valence-corrected chi connectivity index (χ2v) is 3.16. The number of aromatic nitrogens is 1. The van der Waals surface area contributed by atoms with Crippen LogP contribution in [0.25, 0.3) is 10.9 Å². The molecule has 2 heteroatoms. The fourth-order valence-corrected chi connectivity index (χ4v) is 1.68. The Morgan fingerprint density at radius 1 is 1.36 bits per heavy atom. The predicted octanol–water partition coefficient (Wildman–Crippen LogP) is 2.64. The molecule has 1 heterocycles. The highest BCUT2D eigenvalue weighted by atomic mass is 16.1. The Morgan fingerprint density at radius 3 is 2.93 bits per heavy atom. The molecule has 0 saturated carbocycles. The van der Waals surface area contributed by atoms with Crippen molar-refractivity contribution in [2.75, 3.05) is 0 Å². The van der Waals surface area contributed by atoms with Crippen molar-refractivity contribution in [1.29, 1.82) is 0 Å². The summed E-state index contributed by atoms with van der Waals surface area (Å²) in [6.45, 7) is 4.42. The lowest BCUT2D eigenvalue weighted by Gasteiger charge is -2.02. The third kappa shape index (κ3) is 1.25. The molecule has 2 rings (SSSR count). The van der Waals surface area contributed by atoms with Gasteiger partial charge >= 0.3 is 0 Å². The van der Waals surface area contributed by atoms with E-state index in [2.05, 4.69) is 6.58 Å². The Hall–Kier alpha value is -1.83. The summed E-state index contributed by atoms with van der Waals surface area (Å²) in [5, 5.41) is 1.09. The molecule has 2 aromatic rings. The number of para-hydroxylation sites is 1. The smallest absolute Gasteiger partial charge is 0.152 e. The van der Waals surface area contributed by atoms with Crippen LogP contribution in [0.5, 0.6) is 0 Å². The minimum absolute atomic E-state index is 0.731. The molecule has 0 amide bonds. The summed E-state index contributed by atoms with van der Waals surface area (Å²) in [5.74, 6) is 0. The second-order valence-electron chi connectivity index (χ2n) is 3.16. The highest BCUT2D eigenvalue weighted by Crippen LogP contribution is 2.18. The van der Waals surface area contributed by atoms with Gasteiger partial charge in [0.15, 0.2) is 6.29 Å². The first-order valence-corrected chi connectivity index (χ1v) is 4.50. The van der Waals surface area contributed by atoms with Crippen LogP contribution in [0, 0.1) is 0 Å². The number of aldehydes is 1. The summed E-state index contributed by atoms with van der Waals surface area (Å²) >= 11 is 0. The lowest BCUT2D eigenvalue weighted by atomic mass is 10.1. The normalized spacial score (nSPS) is 10.3. The number of hydrogen-bond donors (Lipinski definition) is 0. The van der Waals surface area contributed by atoms with Crippen molar-refractivity contribution in [2.24, 2.45) is 0 Å². The van der Waals surface area contributed by atoms with Crippen molar-refractivity contribution in [1.82, 2.24) is 4.57 Å². The van der Waals surface area contributed by atoms with Gasteiger partial charge in [-0.15, -0.1) is 6.58 Å². The maximum Gasteiger partial charge on any atom is 0.152 e. The molecule has 1 aromatic carbocycles. The summed E-state index contributed by atoms with van der Waals surface area (Å²) in [7, 11) is 0. The topological polar surface area (TPSA) is 22.0 Å². The number of nitrogens with zero attached hydrogens (tertiary/aromatic N) is 1. The van der Waals surface area contributed by atoms with Crippen LogP contribution in [0.3, 0.4) is 0 Å². The molecule has 0 aliphatic heterocycles. The number of allylic oxidation sites excluding steroid dienone is 1. The first kappa shape index (κ1) is 8.75. The van der Waals surface area contributed by atoms with Gasteiger partial charge in [0.1, 0.15) is 0 Å². The molecule has 0 radical (unpaired) electrons. The molecule has 0 unspecified atom stereocenters. The van der Waals surface area contributed by atoms with Crippen molar-refractivity contribution in [3.8, 4) is 0 Å². The maximum absolute atomic E-state index is 10.8. The van der Waals surface area contributed by atoms with Crippen molar-refractivity contribution in [3.63, 3.8) is 0 Å². The Bertz CT molecular complexity index is 482. The molecule has 0 aliphatic rings. The van der Waals surface area contributed by atoms with Crippen molar-refractivity contribution < 1.29 is 4.79 Å². The van der Waals surface area contributed by atoms with Crippen LogP contribution in [-0.2, 0) is 6.54 Å². The highest BCUT2D eigenvalue weighted by molar-refractivity contribution is 5.96. The van der Waals surface area contributed by atoms with Crippen LogP contribution in [0.1, 0.15) is 10.4 Å². The van der Waals surface area contributed by atoms with Gasteiger partial charge in [-0.25, -0.2) is 0 Å². The monoisotopic (exact) mass is 185 g/mol. The third-order valence-corrected chi connectivity index (χ3v) is 2.27. The van der Waals surface area contributed by atoms with E-state index < -0.39 is 0 Å². The fraction of sp³-hybridized carbons (Fsp3) is 0.0833. The predicted molar refractivity (Wildman–Crippen MR) is 57.5 cm³/mol. The number of carbonyl (C=O) groups is 1. The van der Waals surface area contributed by atoms with E-state index in [-0.39, 0.29) is 0 Å². The van der Waals surface area contributed by atoms with Crippen molar-refractivity contribution in [3.05, 3.63) is 48.7 Å². The van der Waals surface area contributed by atoms with E-state index in [4.69, 9.17) is 0 Å². The van der Waals surface area contributed by atoms with E-state index in [1.165, 1.54) is 0 Å². The van der Waals surface area contributed by atoms with E-state index in [1.54, 1.807) is 0 Å². The van der Waals surface area contributed by atoms with Gasteiger partial charge in [0.25, 0.3) is 0 Å². The molecule has 0 spiro atoms. The number of benzene rings is 1. The molecular formula is C12H11NO. The van der Waals surface area contributed by atoms with Crippen LogP contribution >= 0.6 is 0 Å². The van der Waals surface area contributed by atoms with Gasteiger partial charge < -0.3 is 4.57 Å². The van der Waals surface area contributed by atoms with Crippen molar-refractivity contribution >= 4 is 17.2 Å². The second kappa shape index (κ2) is 3.50. The van der Waals surface area contributed by atoms with Crippen LogP contribution < -0.4 is 0 Å². The van der Waals surface area contributed by atoms with Gasteiger partial charge in [-0.2, -0.15) is 0 Å². The lowest BCUT2D eigenvalue weighted by Crippen LogP contribution is -1.95. The van der Waals surface area contributed by atoms with Crippen LogP contribution in [0.2, 0.25) is 0 Å². The number of fused-ring (bicyclic) bond motifs is 1. The number of hydrogen-bond acceptors (Lipinski definition) is 1. The molecule has 70 valence electrons. The van der Waals surface area contributed by atoms with E-state index in [1.807, 2.05) is 41.1 Å². The largest absolute Gasteiger partial charge is 0.343 e. The molecule has 0 bridgehead atoms. The van der Waals surface area contributed by atoms with Crippen molar-refractivity contribution in [2.45, 2.75) is 6.54 Å². The molecule has 0 fully saturated rings. The zero-order chi connectivity index (χ0) is 9.97. The minimum Gasteiger partial charge on any atom is -0.343 e. The standard InChI is InChI=1S/C12H11NO/c1-2-7-13-8-6-10-4-3-5-11(9-14)12(10)13/h2-6,8-9H,1,7H2. The Balaban J connectivity index is 2.73. The Labute approximate surface area is 82.5 Å². The molecule has 0 atom stereocenters. The zero-order valence-electron chi connectivity index (χ0n) is 7.81. The summed E-state index contributed by atoms with van der Waals surface area (Å²) in [5.41, 5.74) is 1.72. The molecule has 0 aliphatic carbocycles. The SMILES string of the molecule is C=CCn1ccc2cccc(C=O)c21. The van der Waals surface area contributed by atoms with Crippen LogP contribution in [0.4, 0.5) is 0 Å². The lowest BCUT2D eigenvalue weighted by molar-refractivity contribution is 0.112. The molecule has 1 aromatic heterocycles. The van der Waals surface area contributed by atoms with Crippen LogP contribution in [0.15, 0.2) is 43.1 Å². The van der Waals surface area contributed by atoms with Gasteiger partial charge in [-0.1, -0.05) is 18.2 Å². The number of rotatable bonds is 3. The zero-order valence-corrected chi connectivity index (χ0v) is 7.81. The minimum atomic E-state index is 0.731. The van der Waals surface area contributed by atoms with Crippen LogP contribution in [-0.4, -0.2) is 10.9 Å². The third-order valence-electron chi connectivity index (χ3n) is 2.27. The van der Waals surface area contributed by atoms with Gasteiger partial charge in [-0.05, 0) is 12.1 Å². The van der Waals surface area contributed by atoms with Gasteiger partial charge in [-0.3, -0.25) is 4.79 Å². The van der Waals surface area contributed by atoms with Gasteiger partial charge in [0.05, 0.1) is 5.52 Å². The average molecular weight is 185 g/mol. The fourth-order valence-electron chi connectivity index (χ4n) is 1.68.